The topological polar surface area (TPSA) is 0 Å². The van der Waals surface area contributed by atoms with Crippen LogP contribution in [0.4, 0.5) is 0 Å². The third-order valence-corrected chi connectivity index (χ3v) is 3.39. The molecule has 0 aromatic heterocycles. The first-order valence-electron chi connectivity index (χ1n) is 6.76. The fraction of sp³-hybridized carbons (Fsp3) is 1.00. The molecule has 0 rings (SSSR count). The average molecular weight is 590 g/mol. The normalized spacial score (nSPS) is 8.58. The van der Waals surface area contributed by atoms with Crippen LogP contribution in [0.2, 0.25) is 6.32 Å². The Morgan fingerprint density at radius 2 is 1.16 bits per heavy atom. The van der Waals surface area contributed by atoms with Crippen molar-refractivity contribution in [3.8, 4) is 0 Å². The molecule has 0 atom stereocenters. The Bertz CT molecular complexity index is 120. The van der Waals surface area contributed by atoms with Crippen molar-refractivity contribution in [2.45, 2.75) is 40.9 Å². The molecule has 0 unspecified atom stereocenters. The van der Waals surface area contributed by atoms with Gasteiger partial charge in [-0.2, -0.15) is 0 Å². The number of quaternary nitrogens is 1. The maximum absolute atomic E-state index is 2.35. The van der Waals surface area contributed by atoms with Gasteiger partial charge in [-0.25, -0.2) is 0 Å². The fourth-order valence-electron chi connectivity index (χ4n) is 1.70. The van der Waals surface area contributed by atoms with E-state index < -0.39 is 0 Å². The standard InChI is InChI=1S/C8H20N.C2H9B3.2FH.2HI.Rh/c1-5-9(6-2,7-3)8-4;1-2-4-5-3;;;;;/h5-8H2,1-4H3;4-5H,2-3H2,1H3;4*1H;/q+1;;;;;;+3/p-4. The van der Waals surface area contributed by atoms with Crippen LogP contribution in [0.1, 0.15) is 34.6 Å². The van der Waals surface area contributed by atoms with E-state index in [1.54, 1.807) is 0 Å². The summed E-state index contributed by atoms with van der Waals surface area (Å²) in [6.45, 7) is 16.4. The van der Waals surface area contributed by atoms with Crippen LogP contribution in [0.25, 0.3) is 0 Å². The summed E-state index contributed by atoms with van der Waals surface area (Å²) in [6, 6.07) is 0. The number of hydrogen-bond acceptors (Lipinski definition) is 0. The number of rotatable bonds is 6. The summed E-state index contributed by atoms with van der Waals surface area (Å²) >= 11 is 4.69. The molecular weight excluding hydrogens is 561 g/mol. The van der Waals surface area contributed by atoms with Crippen LogP contribution in [0.3, 0.4) is 0 Å². The Balaban J connectivity index is -0.0000000565. The molecule has 0 aromatic rings. The van der Waals surface area contributed by atoms with Crippen LogP contribution in [0, 0.1) is 0 Å². The Hall–Kier alpha value is 2.10. The van der Waals surface area contributed by atoms with Crippen LogP contribution >= 0.6 is 39.5 Å². The minimum absolute atomic E-state index is 0. The molecule has 0 radical (unpaired) electrons. The van der Waals surface area contributed by atoms with Gasteiger partial charge in [0.05, 0.1) is 48.1 Å². The zero-order valence-corrected chi connectivity index (χ0v) is 19.2. The zero-order chi connectivity index (χ0) is 14.2. The number of hydrogen-bond donors (Lipinski definition) is 0. The summed E-state index contributed by atoms with van der Waals surface area (Å²) in [7, 11) is 5.71. The van der Waals surface area contributed by atoms with E-state index in [0.717, 1.165) is 10.1 Å². The van der Waals surface area contributed by atoms with Gasteiger partial charge >= 0.3 is 49.6 Å². The molecule has 9 heteroatoms. The summed E-state index contributed by atoms with van der Waals surface area (Å²) in [5.74, 6) is 0. The molecule has 0 bridgehead atoms. The second-order valence-corrected chi connectivity index (χ2v) is 16.6. The first kappa shape index (κ1) is 32.9. The van der Waals surface area contributed by atoms with Gasteiger partial charge in [0, 0.05) is 0 Å². The summed E-state index contributed by atoms with van der Waals surface area (Å²) in [4.78, 5) is 0. The van der Waals surface area contributed by atoms with Crippen molar-refractivity contribution < 1.29 is 24.0 Å². The van der Waals surface area contributed by atoms with Gasteiger partial charge in [-0.3, -0.25) is 0 Å². The molecule has 0 aliphatic carbocycles. The summed E-state index contributed by atoms with van der Waals surface area (Å²) in [5.41, 5.74) is 0. The van der Waals surface area contributed by atoms with E-state index in [0.29, 0.717) is 0 Å². The van der Waals surface area contributed by atoms with Crippen molar-refractivity contribution in [2.24, 2.45) is 0 Å². The van der Waals surface area contributed by atoms with E-state index >= 15 is 0 Å². The molecule has 0 saturated carbocycles. The van der Waals surface area contributed by atoms with E-state index in [1.807, 2.05) is 0 Å². The molecular formula is C10H29B3F2I2NRh. The molecule has 19 heavy (non-hydrogen) atoms. The van der Waals surface area contributed by atoms with Crippen LogP contribution in [0.5, 0.6) is 0 Å². The Kier molecular flexibility index (Phi) is 49.0. The molecule has 0 heterocycles. The molecule has 0 amide bonds. The molecule has 0 aromatic carbocycles. The van der Waals surface area contributed by atoms with Crippen molar-refractivity contribution >= 4 is 61.5 Å². The first-order valence-corrected chi connectivity index (χ1v) is 16.5. The second-order valence-electron chi connectivity index (χ2n) is 4.01. The van der Waals surface area contributed by atoms with Gasteiger partial charge in [-0.15, -0.1) is 0 Å². The van der Waals surface area contributed by atoms with Crippen molar-refractivity contribution in [3.05, 3.63) is 0 Å². The molecule has 0 aliphatic rings. The molecule has 0 fully saturated rings. The average Bonchev–Trinajstić information content (AvgIpc) is 2.36. The monoisotopic (exact) mass is 591 g/mol. The van der Waals surface area contributed by atoms with E-state index in [4.69, 9.17) is 0 Å². The van der Waals surface area contributed by atoms with Crippen LogP contribution < -0.4 is 9.41 Å². The number of halogens is 4. The predicted molar refractivity (Wildman–Crippen MR) is 104 cm³/mol. The fourth-order valence-corrected chi connectivity index (χ4v) is 1.70. The maximum atomic E-state index is 2.35. The van der Waals surface area contributed by atoms with Crippen LogP contribution in [-0.4, -0.2) is 52.6 Å². The summed E-state index contributed by atoms with van der Waals surface area (Å²) in [6.07, 6.45) is 1.34. The second kappa shape index (κ2) is 28.3. The SMILES string of the molecule is BBBCC.CC[N+](CC)(CC)CC.[F-].[F-].[I][Rh+][I]. The van der Waals surface area contributed by atoms with Crippen molar-refractivity contribution in [3.63, 3.8) is 0 Å². The molecule has 0 aliphatic heterocycles. The third kappa shape index (κ3) is 25.4. The molecule has 0 N–H and O–H groups in total. The van der Waals surface area contributed by atoms with Gasteiger partial charge in [0.2, 0.25) is 0 Å². The van der Waals surface area contributed by atoms with Gasteiger partial charge in [0.1, 0.15) is 0 Å². The van der Waals surface area contributed by atoms with E-state index in [2.05, 4.69) is 81.9 Å². The first-order chi connectivity index (χ1) is 8.07. The van der Waals surface area contributed by atoms with Crippen LogP contribution in [0.15, 0.2) is 0 Å². The Morgan fingerprint density at radius 1 is 0.895 bits per heavy atom. The number of nitrogens with zero attached hydrogens (tertiary/aromatic N) is 1. The summed E-state index contributed by atoms with van der Waals surface area (Å²) in [5, 5.41) is 0. The minimum atomic E-state index is 0. The molecule has 0 saturated heterocycles. The van der Waals surface area contributed by atoms with Gasteiger partial charge in [0.25, 0.3) is 0 Å². The van der Waals surface area contributed by atoms with E-state index in [9.17, 15) is 0 Å². The Labute approximate surface area is 151 Å². The van der Waals surface area contributed by atoms with Gasteiger partial charge in [-0.1, -0.05) is 13.2 Å². The Morgan fingerprint density at radius 3 is 1.16 bits per heavy atom. The zero-order valence-electron chi connectivity index (χ0n) is 13.2. The van der Waals surface area contributed by atoms with Crippen molar-refractivity contribution in [1.82, 2.24) is 0 Å². The summed E-state index contributed by atoms with van der Waals surface area (Å²) < 4.78 is 1.28. The molecule has 1 nitrogen and oxygen atoms in total. The van der Waals surface area contributed by atoms with Gasteiger partial charge in [0.15, 0.2) is 0 Å². The van der Waals surface area contributed by atoms with Gasteiger partial charge in [-0.05, 0) is 27.7 Å². The predicted octanol–water partition coefficient (Wildman–Crippen LogP) is -3.58. The van der Waals surface area contributed by atoms with Crippen molar-refractivity contribution in [2.75, 3.05) is 26.2 Å². The quantitative estimate of drug-likeness (QED) is 0.171. The van der Waals surface area contributed by atoms with Crippen LogP contribution in [-0.2, 0) is 10.1 Å². The molecule has 120 valence electrons. The van der Waals surface area contributed by atoms with E-state index in [-0.39, 0.29) is 9.41 Å². The molecule has 0 spiro atoms. The van der Waals surface area contributed by atoms with Gasteiger partial charge < -0.3 is 13.9 Å². The van der Waals surface area contributed by atoms with Crippen molar-refractivity contribution in [1.29, 1.82) is 0 Å². The van der Waals surface area contributed by atoms with E-state index in [1.165, 1.54) is 51.2 Å². The third-order valence-electron chi connectivity index (χ3n) is 3.39.